The van der Waals surface area contributed by atoms with E-state index in [9.17, 15) is 9.59 Å². The minimum Gasteiger partial charge on any atom is -0.379 e. The molecule has 0 radical (unpaired) electrons. The van der Waals surface area contributed by atoms with Crippen LogP contribution in [-0.2, 0) is 14.3 Å². The maximum atomic E-state index is 12.4. The second-order valence-electron chi connectivity index (χ2n) is 8.66. The van der Waals surface area contributed by atoms with Crippen molar-refractivity contribution in [1.82, 2.24) is 31.1 Å². The van der Waals surface area contributed by atoms with Gasteiger partial charge in [0, 0.05) is 63.8 Å². The fourth-order valence-electron chi connectivity index (χ4n) is 4.43. The molecular weight excluding hydrogens is 404 g/mol. The van der Waals surface area contributed by atoms with Crippen molar-refractivity contribution >= 4 is 29.1 Å². The summed E-state index contributed by atoms with van der Waals surface area (Å²) < 4.78 is 5.37. The van der Waals surface area contributed by atoms with Gasteiger partial charge in [-0.15, -0.1) is 0 Å². The molecule has 10 heteroatoms. The average Bonchev–Trinajstić information content (AvgIpc) is 3.12. The highest BCUT2D eigenvalue weighted by Gasteiger charge is 2.43. The summed E-state index contributed by atoms with van der Waals surface area (Å²) >= 11 is 5.47. The van der Waals surface area contributed by atoms with Gasteiger partial charge in [0.05, 0.1) is 19.3 Å². The molecule has 9 nitrogen and oxygen atoms in total. The number of ether oxygens (including phenoxy) is 1. The molecule has 0 spiro atoms. The number of thiocarbonyl (C=S) groups is 1. The number of hydrogen-bond acceptors (Lipinski definition) is 6. The van der Waals surface area contributed by atoms with Gasteiger partial charge in [-0.3, -0.25) is 19.4 Å². The van der Waals surface area contributed by atoms with Crippen molar-refractivity contribution in [2.45, 2.75) is 57.3 Å². The van der Waals surface area contributed by atoms with Crippen molar-refractivity contribution in [3.63, 3.8) is 0 Å². The van der Waals surface area contributed by atoms with E-state index in [1.807, 2.05) is 13.8 Å². The SMILES string of the molecule is CC(C)NC(=O)CC[C@@H]1CNC(=O)[C@@H]2C[C@H](NC(=S)NCCN3CCOCC3)CN12. The number of carbonyl (C=O) groups is 2. The van der Waals surface area contributed by atoms with Crippen LogP contribution in [-0.4, -0.2) is 103 Å². The van der Waals surface area contributed by atoms with Crippen molar-refractivity contribution < 1.29 is 14.3 Å². The number of rotatable bonds is 8. The standard InChI is InChI=1S/C20H36N6O3S/c1-14(2)23-18(27)4-3-16-12-22-19(28)17-11-15(13-26(16)17)24-20(30)21-5-6-25-7-9-29-10-8-25/h14-17H,3-13H2,1-2H3,(H,22,28)(H,23,27)(H2,21,24,30)/t15-,16+,17-/m0/s1. The summed E-state index contributed by atoms with van der Waals surface area (Å²) in [6.45, 7) is 10.5. The molecule has 0 unspecified atom stereocenters. The monoisotopic (exact) mass is 440 g/mol. The maximum Gasteiger partial charge on any atom is 0.237 e. The fraction of sp³-hybridized carbons (Fsp3) is 0.850. The number of nitrogens with one attached hydrogen (secondary N) is 4. The van der Waals surface area contributed by atoms with E-state index in [1.54, 1.807) is 0 Å². The number of hydrogen-bond donors (Lipinski definition) is 4. The van der Waals surface area contributed by atoms with Gasteiger partial charge in [0.1, 0.15) is 0 Å². The van der Waals surface area contributed by atoms with Crippen molar-refractivity contribution in [3.8, 4) is 0 Å². The molecule has 3 aliphatic heterocycles. The number of amides is 2. The summed E-state index contributed by atoms with van der Waals surface area (Å²) in [5, 5.41) is 13.3. The molecule has 0 aromatic carbocycles. The Morgan fingerprint density at radius 3 is 2.83 bits per heavy atom. The first-order chi connectivity index (χ1) is 14.4. The summed E-state index contributed by atoms with van der Waals surface area (Å²) in [6, 6.07) is 0.313. The van der Waals surface area contributed by atoms with Crippen LogP contribution in [0.5, 0.6) is 0 Å². The summed E-state index contributed by atoms with van der Waals surface area (Å²) in [5.41, 5.74) is 0. The quantitative estimate of drug-likeness (QED) is 0.358. The van der Waals surface area contributed by atoms with E-state index in [0.29, 0.717) is 18.1 Å². The second kappa shape index (κ2) is 11.2. The third kappa shape index (κ3) is 6.76. The molecule has 0 bridgehead atoms. The minimum absolute atomic E-state index is 0.0676. The van der Waals surface area contributed by atoms with Crippen LogP contribution in [0, 0.1) is 0 Å². The van der Waals surface area contributed by atoms with Crippen LogP contribution in [0.3, 0.4) is 0 Å². The second-order valence-corrected chi connectivity index (χ2v) is 9.07. The molecule has 3 heterocycles. The molecule has 0 aromatic rings. The molecule has 170 valence electrons. The predicted octanol–water partition coefficient (Wildman–Crippen LogP) is -0.971. The zero-order valence-corrected chi connectivity index (χ0v) is 18.9. The van der Waals surface area contributed by atoms with Gasteiger partial charge < -0.3 is 26.0 Å². The van der Waals surface area contributed by atoms with Crippen molar-refractivity contribution in [1.29, 1.82) is 0 Å². The Morgan fingerprint density at radius 1 is 1.33 bits per heavy atom. The summed E-state index contributed by atoms with van der Waals surface area (Å²) in [7, 11) is 0. The lowest BCUT2D eigenvalue weighted by Gasteiger charge is -2.37. The lowest BCUT2D eigenvalue weighted by molar-refractivity contribution is -0.129. The van der Waals surface area contributed by atoms with Gasteiger partial charge >= 0.3 is 0 Å². The van der Waals surface area contributed by atoms with E-state index in [4.69, 9.17) is 17.0 Å². The molecule has 30 heavy (non-hydrogen) atoms. The van der Waals surface area contributed by atoms with E-state index < -0.39 is 0 Å². The van der Waals surface area contributed by atoms with Crippen LogP contribution in [0.4, 0.5) is 0 Å². The fourth-order valence-corrected chi connectivity index (χ4v) is 4.70. The first-order valence-corrected chi connectivity index (χ1v) is 11.5. The zero-order valence-electron chi connectivity index (χ0n) is 18.1. The normalized spacial score (nSPS) is 27.4. The predicted molar refractivity (Wildman–Crippen MR) is 119 cm³/mol. The van der Waals surface area contributed by atoms with E-state index in [-0.39, 0.29) is 36.0 Å². The number of nitrogens with zero attached hydrogens (tertiary/aromatic N) is 2. The van der Waals surface area contributed by atoms with Gasteiger partial charge in [-0.05, 0) is 38.9 Å². The molecule has 0 aromatic heterocycles. The molecular formula is C20H36N6O3S. The van der Waals surface area contributed by atoms with E-state index in [0.717, 1.165) is 58.8 Å². The molecule has 3 aliphatic rings. The molecule has 3 rings (SSSR count). The first kappa shape index (κ1) is 23.2. The zero-order chi connectivity index (χ0) is 21.5. The third-order valence-electron chi connectivity index (χ3n) is 5.93. The van der Waals surface area contributed by atoms with Crippen molar-refractivity contribution in [3.05, 3.63) is 0 Å². The van der Waals surface area contributed by atoms with Crippen molar-refractivity contribution in [2.24, 2.45) is 0 Å². The van der Waals surface area contributed by atoms with Gasteiger partial charge in [0.2, 0.25) is 11.8 Å². The van der Waals surface area contributed by atoms with Gasteiger partial charge in [0.25, 0.3) is 0 Å². The minimum atomic E-state index is -0.148. The Hall–Kier alpha value is -1.49. The van der Waals surface area contributed by atoms with Crippen LogP contribution in [0.2, 0.25) is 0 Å². The average molecular weight is 441 g/mol. The Kier molecular flexibility index (Phi) is 8.67. The maximum absolute atomic E-state index is 12.4. The van der Waals surface area contributed by atoms with Gasteiger partial charge in [-0.2, -0.15) is 0 Å². The van der Waals surface area contributed by atoms with Gasteiger partial charge in [0.15, 0.2) is 5.11 Å². The molecule has 3 saturated heterocycles. The number of fused-ring (bicyclic) bond motifs is 1. The highest BCUT2D eigenvalue weighted by molar-refractivity contribution is 7.80. The lowest BCUT2D eigenvalue weighted by atomic mass is 10.0. The smallest absolute Gasteiger partial charge is 0.237 e. The number of piperazine rings is 1. The Morgan fingerprint density at radius 2 is 2.10 bits per heavy atom. The van der Waals surface area contributed by atoms with Crippen LogP contribution >= 0.6 is 12.2 Å². The molecule has 0 aliphatic carbocycles. The summed E-state index contributed by atoms with van der Waals surface area (Å²) in [6.07, 6.45) is 1.94. The Balaban J connectivity index is 1.41. The molecule has 3 fully saturated rings. The van der Waals surface area contributed by atoms with Gasteiger partial charge in [-0.25, -0.2) is 0 Å². The topological polar surface area (TPSA) is 98.0 Å². The summed E-state index contributed by atoms with van der Waals surface area (Å²) in [5.74, 6) is 0.145. The van der Waals surface area contributed by atoms with Crippen molar-refractivity contribution in [2.75, 3.05) is 52.5 Å². The van der Waals surface area contributed by atoms with E-state index in [1.165, 1.54) is 0 Å². The number of morpholine rings is 1. The highest BCUT2D eigenvalue weighted by atomic mass is 32.1. The highest BCUT2D eigenvalue weighted by Crippen LogP contribution is 2.25. The Bertz CT molecular complexity index is 613. The molecule has 0 saturated carbocycles. The van der Waals surface area contributed by atoms with Crippen LogP contribution in [0.1, 0.15) is 33.1 Å². The van der Waals surface area contributed by atoms with Crippen LogP contribution in [0.15, 0.2) is 0 Å². The van der Waals surface area contributed by atoms with Gasteiger partial charge in [-0.1, -0.05) is 0 Å². The van der Waals surface area contributed by atoms with Crippen LogP contribution < -0.4 is 21.3 Å². The number of carbonyl (C=O) groups excluding carboxylic acids is 2. The lowest BCUT2D eigenvalue weighted by Crippen LogP contribution is -2.58. The first-order valence-electron chi connectivity index (χ1n) is 11.1. The van der Waals surface area contributed by atoms with E-state index in [2.05, 4.69) is 31.1 Å². The summed E-state index contributed by atoms with van der Waals surface area (Å²) in [4.78, 5) is 29.0. The largest absolute Gasteiger partial charge is 0.379 e. The molecule has 4 N–H and O–H groups in total. The van der Waals surface area contributed by atoms with Crippen LogP contribution in [0.25, 0.3) is 0 Å². The van der Waals surface area contributed by atoms with E-state index >= 15 is 0 Å². The molecule has 2 amide bonds. The molecule has 3 atom stereocenters. The third-order valence-corrected chi connectivity index (χ3v) is 6.19. The Labute approximate surface area is 184 Å².